The SMILES string of the molecule is CC(C)C[C@H](NC(=O)[C@H](Cc1ccccc1)NC(=O)[C@H](C)NC(=O)[C@H](C)NSC(=O)[C@H](CC(=O)O)NC(=O)[C@@H](N)CC(=O)O)C(=O)O. The molecular formula is C29H42N6O11S. The van der Waals surface area contributed by atoms with Crippen molar-refractivity contribution in [1.82, 2.24) is 26.0 Å². The molecule has 0 aromatic heterocycles. The Morgan fingerprint density at radius 3 is 1.74 bits per heavy atom. The van der Waals surface area contributed by atoms with Gasteiger partial charge in [0.25, 0.3) is 0 Å². The molecule has 1 aromatic rings. The number of nitrogens with one attached hydrogen (secondary N) is 5. The van der Waals surface area contributed by atoms with Crippen LogP contribution in [0, 0.1) is 5.92 Å². The highest BCUT2D eigenvalue weighted by Gasteiger charge is 2.31. The minimum Gasteiger partial charge on any atom is -0.481 e. The van der Waals surface area contributed by atoms with Crippen LogP contribution in [0.4, 0.5) is 0 Å². The lowest BCUT2D eigenvalue weighted by Gasteiger charge is -2.24. The highest BCUT2D eigenvalue weighted by molar-refractivity contribution is 8.12. The van der Waals surface area contributed by atoms with Gasteiger partial charge in [-0.1, -0.05) is 44.2 Å². The van der Waals surface area contributed by atoms with Crippen LogP contribution in [0.25, 0.3) is 0 Å². The highest BCUT2D eigenvalue weighted by Crippen LogP contribution is 2.10. The lowest BCUT2D eigenvalue weighted by Crippen LogP contribution is -2.57. The summed E-state index contributed by atoms with van der Waals surface area (Å²) in [5.74, 6) is -7.41. The summed E-state index contributed by atoms with van der Waals surface area (Å²) in [4.78, 5) is 97.4. The van der Waals surface area contributed by atoms with Gasteiger partial charge in [0.05, 0.1) is 24.9 Å². The average Bonchev–Trinajstić information content (AvgIpc) is 2.97. The van der Waals surface area contributed by atoms with E-state index in [4.69, 9.17) is 15.9 Å². The van der Waals surface area contributed by atoms with Crippen LogP contribution in [0.2, 0.25) is 0 Å². The second kappa shape index (κ2) is 19.9. The molecule has 0 aliphatic heterocycles. The van der Waals surface area contributed by atoms with Crippen LogP contribution in [0.5, 0.6) is 0 Å². The molecule has 18 heteroatoms. The zero-order chi connectivity index (χ0) is 35.8. The van der Waals surface area contributed by atoms with E-state index < -0.39 is 95.7 Å². The number of nitrogens with two attached hydrogens (primary N) is 1. The Morgan fingerprint density at radius 1 is 0.681 bits per heavy atom. The molecule has 0 radical (unpaired) electrons. The van der Waals surface area contributed by atoms with Gasteiger partial charge in [0, 0.05) is 6.42 Å². The average molecular weight is 683 g/mol. The Bertz CT molecular complexity index is 1300. The third-order valence-corrected chi connectivity index (χ3v) is 7.39. The number of amides is 4. The number of carboxylic acid groups (broad SMARTS) is 3. The summed E-state index contributed by atoms with van der Waals surface area (Å²) >= 11 is 0.307. The molecule has 10 N–H and O–H groups in total. The molecule has 1 aromatic carbocycles. The first kappa shape index (κ1) is 40.5. The van der Waals surface area contributed by atoms with Gasteiger partial charge in [-0.3, -0.25) is 33.6 Å². The highest BCUT2D eigenvalue weighted by atomic mass is 32.2. The molecule has 0 spiro atoms. The first-order valence-electron chi connectivity index (χ1n) is 14.5. The number of hydrogen-bond acceptors (Lipinski definition) is 11. The van der Waals surface area contributed by atoms with Crippen LogP contribution in [0.3, 0.4) is 0 Å². The van der Waals surface area contributed by atoms with E-state index >= 15 is 0 Å². The van der Waals surface area contributed by atoms with Crippen molar-refractivity contribution in [3.05, 3.63) is 35.9 Å². The smallest absolute Gasteiger partial charge is 0.326 e. The largest absolute Gasteiger partial charge is 0.481 e. The van der Waals surface area contributed by atoms with Crippen molar-refractivity contribution in [3.63, 3.8) is 0 Å². The van der Waals surface area contributed by atoms with E-state index in [9.17, 15) is 43.5 Å². The van der Waals surface area contributed by atoms with Gasteiger partial charge in [-0.05, 0) is 43.7 Å². The Balaban J connectivity index is 2.87. The second-order valence-corrected chi connectivity index (χ2v) is 12.0. The molecule has 17 nitrogen and oxygen atoms in total. The molecule has 0 saturated carbocycles. The van der Waals surface area contributed by atoms with Gasteiger partial charge in [0.2, 0.25) is 28.7 Å². The Labute approximate surface area is 275 Å². The summed E-state index contributed by atoms with van der Waals surface area (Å²) in [5, 5.41) is 36.1. The van der Waals surface area contributed by atoms with Crippen LogP contribution in [0.15, 0.2) is 30.3 Å². The minimum absolute atomic E-state index is 0.0269. The summed E-state index contributed by atoms with van der Waals surface area (Å²) in [6, 6.07) is 0.833. The van der Waals surface area contributed by atoms with Gasteiger partial charge < -0.3 is 42.3 Å². The van der Waals surface area contributed by atoms with Crippen molar-refractivity contribution in [3.8, 4) is 0 Å². The van der Waals surface area contributed by atoms with Crippen molar-refractivity contribution in [2.75, 3.05) is 0 Å². The van der Waals surface area contributed by atoms with Crippen LogP contribution >= 0.6 is 11.9 Å². The third-order valence-electron chi connectivity index (χ3n) is 6.43. The molecule has 0 unspecified atom stereocenters. The third kappa shape index (κ3) is 15.5. The van der Waals surface area contributed by atoms with E-state index in [-0.39, 0.29) is 18.8 Å². The van der Waals surface area contributed by atoms with Gasteiger partial charge in [0.15, 0.2) is 0 Å². The Kier molecular flexibility index (Phi) is 17.1. The number of carboxylic acids is 3. The Hall–Kier alpha value is -4.55. The number of rotatable bonds is 20. The quantitative estimate of drug-likeness (QED) is 0.0727. The summed E-state index contributed by atoms with van der Waals surface area (Å²) in [6.45, 7) is 6.27. The van der Waals surface area contributed by atoms with E-state index in [2.05, 4.69) is 26.0 Å². The summed E-state index contributed by atoms with van der Waals surface area (Å²) in [6.07, 6.45) is -1.42. The maximum atomic E-state index is 13.1. The number of benzene rings is 1. The van der Waals surface area contributed by atoms with Crippen molar-refractivity contribution in [2.24, 2.45) is 11.7 Å². The van der Waals surface area contributed by atoms with Crippen LogP contribution in [-0.2, 0) is 44.8 Å². The van der Waals surface area contributed by atoms with Crippen LogP contribution in [-0.4, -0.2) is 98.2 Å². The summed E-state index contributed by atoms with van der Waals surface area (Å²) < 4.78 is 2.49. The normalized spacial score (nSPS) is 14.8. The fourth-order valence-electron chi connectivity index (χ4n) is 3.92. The fourth-order valence-corrected chi connectivity index (χ4v) is 4.61. The van der Waals surface area contributed by atoms with Gasteiger partial charge in [-0.2, -0.15) is 0 Å². The topological polar surface area (TPSA) is 283 Å². The molecule has 47 heavy (non-hydrogen) atoms. The molecule has 0 aliphatic carbocycles. The Morgan fingerprint density at radius 2 is 1.21 bits per heavy atom. The van der Waals surface area contributed by atoms with Gasteiger partial charge in [0.1, 0.15) is 24.2 Å². The molecule has 0 bridgehead atoms. The molecule has 0 saturated heterocycles. The fraction of sp³-hybridized carbons (Fsp3) is 0.517. The molecule has 260 valence electrons. The number of carbonyl (C=O) groups excluding carboxylic acids is 5. The number of carbonyl (C=O) groups is 8. The summed E-state index contributed by atoms with van der Waals surface area (Å²) in [5.41, 5.74) is 6.14. The van der Waals surface area contributed by atoms with E-state index in [1.807, 2.05) is 0 Å². The zero-order valence-electron chi connectivity index (χ0n) is 26.3. The second-order valence-electron chi connectivity index (χ2n) is 11.1. The maximum Gasteiger partial charge on any atom is 0.326 e. The maximum absolute atomic E-state index is 13.1. The molecule has 1 rings (SSSR count). The van der Waals surface area contributed by atoms with Crippen molar-refractivity contribution >= 4 is 58.6 Å². The van der Waals surface area contributed by atoms with Gasteiger partial charge in [-0.15, -0.1) is 0 Å². The lowest BCUT2D eigenvalue weighted by molar-refractivity contribution is -0.143. The minimum atomic E-state index is -1.61. The monoisotopic (exact) mass is 682 g/mol. The van der Waals surface area contributed by atoms with Crippen molar-refractivity contribution in [1.29, 1.82) is 0 Å². The molecule has 0 aliphatic rings. The zero-order valence-corrected chi connectivity index (χ0v) is 27.2. The van der Waals surface area contributed by atoms with Gasteiger partial charge in [-0.25, -0.2) is 9.52 Å². The predicted octanol–water partition coefficient (Wildman–Crippen LogP) is -1.25. The van der Waals surface area contributed by atoms with Gasteiger partial charge >= 0.3 is 17.9 Å². The summed E-state index contributed by atoms with van der Waals surface area (Å²) in [7, 11) is 0. The first-order valence-corrected chi connectivity index (χ1v) is 15.4. The standard InChI is InChI=1S/C29H42N6O11S/c1-14(2)10-20(28(44)45)33-27(43)19(11-17-8-6-5-7-9-17)32-24(40)15(3)31-25(41)16(4)35-47-29(46)21(13-23(38)39)34-26(42)18(30)12-22(36)37/h5-9,14-16,18-21,35H,10-13,30H2,1-4H3,(H,31,41)(H,32,40)(H,33,43)(H,34,42)(H,36,37)(H,38,39)(H,44,45)/t15-,16-,18-,19-,20-,21-/m0/s1. The van der Waals surface area contributed by atoms with Crippen molar-refractivity contribution < 1.29 is 53.7 Å². The first-order chi connectivity index (χ1) is 21.9. The van der Waals surface area contributed by atoms with E-state index in [1.54, 1.807) is 44.2 Å². The molecular weight excluding hydrogens is 640 g/mol. The molecule has 0 fully saturated rings. The van der Waals surface area contributed by atoms with Crippen LogP contribution < -0.4 is 31.7 Å². The molecule has 4 amide bonds. The van der Waals surface area contributed by atoms with Crippen molar-refractivity contribution in [2.45, 2.75) is 89.6 Å². The van der Waals surface area contributed by atoms with E-state index in [0.29, 0.717) is 17.5 Å². The molecule has 0 heterocycles. The molecule has 6 atom stereocenters. The van der Waals surface area contributed by atoms with Crippen LogP contribution in [0.1, 0.15) is 52.5 Å². The predicted molar refractivity (Wildman–Crippen MR) is 168 cm³/mol. The lowest BCUT2D eigenvalue weighted by atomic mass is 10.0. The van der Waals surface area contributed by atoms with E-state index in [0.717, 1.165) is 0 Å². The number of hydrogen-bond donors (Lipinski definition) is 9. The number of aliphatic carboxylic acids is 3. The van der Waals surface area contributed by atoms with E-state index in [1.165, 1.54) is 13.8 Å².